The van der Waals surface area contributed by atoms with Crippen molar-refractivity contribution in [1.82, 2.24) is 10.1 Å². The zero-order valence-corrected chi connectivity index (χ0v) is 13.1. The number of nitrogens with zero attached hydrogens (tertiary/aromatic N) is 2. The first-order valence-corrected chi connectivity index (χ1v) is 7.65. The third-order valence-corrected chi connectivity index (χ3v) is 4.18. The molecule has 1 aromatic heterocycles. The molecule has 0 N–H and O–H groups in total. The number of aromatic nitrogens is 2. The van der Waals surface area contributed by atoms with Gasteiger partial charge in [0, 0.05) is 10.8 Å². The number of methoxy groups -OCH3 is 1. The fourth-order valence-corrected chi connectivity index (χ4v) is 3.02. The van der Waals surface area contributed by atoms with Gasteiger partial charge in [-0.05, 0) is 6.92 Å². The minimum atomic E-state index is -0.210. The van der Waals surface area contributed by atoms with E-state index in [0.29, 0.717) is 18.1 Å². The first kappa shape index (κ1) is 15.6. The standard InChI is InChI=1S/C15H18N2O3S/c1-10(9-13(18)19-3)21-11(2)15-16-14(17-20-15)12-7-5-4-6-8-12/h4-8,10-11H,9H2,1-3H3. The molecular formula is C15H18N2O3S. The molecule has 0 aliphatic heterocycles. The molecule has 2 aromatic rings. The van der Waals surface area contributed by atoms with Crippen molar-refractivity contribution in [2.75, 3.05) is 7.11 Å². The number of esters is 1. The highest BCUT2D eigenvalue weighted by Gasteiger charge is 2.20. The van der Waals surface area contributed by atoms with Crippen LogP contribution >= 0.6 is 11.8 Å². The summed E-state index contributed by atoms with van der Waals surface area (Å²) in [6.07, 6.45) is 0.366. The maximum absolute atomic E-state index is 11.2. The Morgan fingerprint density at radius 1 is 1.33 bits per heavy atom. The number of hydrogen-bond donors (Lipinski definition) is 0. The third-order valence-electron chi connectivity index (χ3n) is 2.94. The van der Waals surface area contributed by atoms with Crippen molar-refractivity contribution >= 4 is 17.7 Å². The van der Waals surface area contributed by atoms with Gasteiger partial charge in [0.15, 0.2) is 0 Å². The van der Waals surface area contributed by atoms with Crippen LogP contribution in [-0.2, 0) is 9.53 Å². The Morgan fingerprint density at radius 3 is 2.71 bits per heavy atom. The van der Waals surface area contributed by atoms with E-state index < -0.39 is 0 Å². The zero-order valence-electron chi connectivity index (χ0n) is 12.3. The van der Waals surface area contributed by atoms with Crippen molar-refractivity contribution in [3.05, 3.63) is 36.2 Å². The molecule has 0 aliphatic rings. The van der Waals surface area contributed by atoms with E-state index in [1.165, 1.54) is 7.11 Å². The molecule has 0 spiro atoms. The van der Waals surface area contributed by atoms with Crippen LogP contribution in [0.4, 0.5) is 0 Å². The van der Waals surface area contributed by atoms with Crippen LogP contribution in [0.2, 0.25) is 0 Å². The molecule has 2 unspecified atom stereocenters. The van der Waals surface area contributed by atoms with E-state index in [4.69, 9.17) is 4.52 Å². The van der Waals surface area contributed by atoms with Gasteiger partial charge in [-0.1, -0.05) is 42.4 Å². The highest BCUT2D eigenvalue weighted by molar-refractivity contribution is 8.00. The van der Waals surface area contributed by atoms with Gasteiger partial charge in [0.1, 0.15) is 0 Å². The Balaban J connectivity index is 1.99. The number of ether oxygens (including phenoxy) is 1. The van der Waals surface area contributed by atoms with Crippen molar-refractivity contribution in [2.45, 2.75) is 30.8 Å². The van der Waals surface area contributed by atoms with Crippen molar-refractivity contribution in [3.8, 4) is 11.4 Å². The Labute approximate surface area is 128 Å². The van der Waals surface area contributed by atoms with Crippen molar-refractivity contribution < 1.29 is 14.1 Å². The monoisotopic (exact) mass is 306 g/mol. The molecule has 0 bridgehead atoms. The predicted molar refractivity (Wildman–Crippen MR) is 81.8 cm³/mol. The summed E-state index contributed by atoms with van der Waals surface area (Å²) in [5.74, 6) is 0.937. The van der Waals surface area contributed by atoms with E-state index >= 15 is 0 Å². The number of benzene rings is 1. The van der Waals surface area contributed by atoms with Crippen LogP contribution in [0.5, 0.6) is 0 Å². The summed E-state index contributed by atoms with van der Waals surface area (Å²) in [6.45, 7) is 3.97. The maximum Gasteiger partial charge on any atom is 0.306 e. The van der Waals surface area contributed by atoms with Gasteiger partial charge in [0.2, 0.25) is 11.7 Å². The molecular weight excluding hydrogens is 288 g/mol. The van der Waals surface area contributed by atoms with Gasteiger partial charge in [-0.25, -0.2) is 0 Å². The minimum Gasteiger partial charge on any atom is -0.469 e. The van der Waals surface area contributed by atoms with Crippen LogP contribution in [0.3, 0.4) is 0 Å². The number of rotatable bonds is 6. The van der Waals surface area contributed by atoms with Crippen molar-refractivity contribution in [3.63, 3.8) is 0 Å². The van der Waals surface area contributed by atoms with E-state index in [-0.39, 0.29) is 16.5 Å². The Morgan fingerprint density at radius 2 is 2.05 bits per heavy atom. The number of hydrogen-bond acceptors (Lipinski definition) is 6. The lowest BCUT2D eigenvalue weighted by molar-refractivity contribution is -0.140. The number of carbonyl (C=O) groups excluding carboxylic acids is 1. The topological polar surface area (TPSA) is 65.2 Å². The Bertz CT molecular complexity index is 586. The molecule has 0 amide bonds. The molecule has 112 valence electrons. The molecule has 2 atom stereocenters. The van der Waals surface area contributed by atoms with E-state index in [2.05, 4.69) is 14.9 Å². The molecule has 6 heteroatoms. The lowest BCUT2D eigenvalue weighted by Crippen LogP contribution is -2.09. The lowest BCUT2D eigenvalue weighted by Gasteiger charge is -2.12. The normalized spacial score (nSPS) is 13.7. The molecule has 0 saturated carbocycles. The largest absolute Gasteiger partial charge is 0.469 e. The summed E-state index contributed by atoms with van der Waals surface area (Å²) < 4.78 is 9.98. The van der Waals surface area contributed by atoms with E-state index in [1.54, 1.807) is 11.8 Å². The van der Waals surface area contributed by atoms with Gasteiger partial charge < -0.3 is 9.26 Å². The van der Waals surface area contributed by atoms with E-state index in [0.717, 1.165) is 5.56 Å². The molecule has 5 nitrogen and oxygen atoms in total. The SMILES string of the molecule is COC(=O)CC(C)SC(C)c1nc(-c2ccccc2)no1. The molecule has 0 saturated heterocycles. The predicted octanol–water partition coefficient (Wildman–Crippen LogP) is 3.48. The molecule has 0 fully saturated rings. The van der Waals surface area contributed by atoms with Crippen LogP contribution < -0.4 is 0 Å². The van der Waals surface area contributed by atoms with Gasteiger partial charge in [0.25, 0.3) is 0 Å². The molecule has 0 aliphatic carbocycles. The molecule has 21 heavy (non-hydrogen) atoms. The lowest BCUT2D eigenvalue weighted by atomic mass is 10.2. The fourth-order valence-electron chi connectivity index (χ4n) is 1.88. The highest BCUT2D eigenvalue weighted by Crippen LogP contribution is 2.33. The van der Waals surface area contributed by atoms with Crippen LogP contribution in [0.1, 0.15) is 31.4 Å². The van der Waals surface area contributed by atoms with Gasteiger partial charge >= 0.3 is 5.97 Å². The maximum atomic E-state index is 11.2. The summed E-state index contributed by atoms with van der Waals surface area (Å²) in [7, 11) is 1.40. The van der Waals surface area contributed by atoms with E-state index in [1.807, 2.05) is 44.2 Å². The molecule has 2 rings (SSSR count). The Kier molecular flexibility index (Phi) is 5.38. The quantitative estimate of drug-likeness (QED) is 0.761. The Hall–Kier alpha value is -1.82. The van der Waals surface area contributed by atoms with Gasteiger partial charge in [-0.3, -0.25) is 4.79 Å². The second-order valence-corrected chi connectivity index (χ2v) is 6.48. The smallest absolute Gasteiger partial charge is 0.306 e. The van der Waals surface area contributed by atoms with E-state index in [9.17, 15) is 4.79 Å². The summed E-state index contributed by atoms with van der Waals surface area (Å²) in [4.78, 5) is 15.7. The fraction of sp³-hybridized carbons (Fsp3) is 0.400. The van der Waals surface area contributed by atoms with Gasteiger partial charge in [-0.15, -0.1) is 11.8 Å². The highest BCUT2D eigenvalue weighted by atomic mass is 32.2. The zero-order chi connectivity index (χ0) is 15.2. The molecule has 1 aromatic carbocycles. The van der Waals surface area contributed by atoms with Crippen LogP contribution in [-0.4, -0.2) is 28.5 Å². The van der Waals surface area contributed by atoms with Gasteiger partial charge in [-0.2, -0.15) is 4.98 Å². The van der Waals surface area contributed by atoms with Crippen LogP contribution in [0.15, 0.2) is 34.9 Å². The first-order chi connectivity index (χ1) is 10.1. The summed E-state index contributed by atoms with van der Waals surface area (Å²) >= 11 is 1.61. The first-order valence-electron chi connectivity index (χ1n) is 6.71. The van der Waals surface area contributed by atoms with Crippen molar-refractivity contribution in [1.29, 1.82) is 0 Å². The van der Waals surface area contributed by atoms with Crippen molar-refractivity contribution in [2.24, 2.45) is 0 Å². The summed E-state index contributed by atoms with van der Waals surface area (Å²) in [5, 5.41) is 4.15. The molecule has 0 radical (unpaired) electrons. The number of carbonyl (C=O) groups is 1. The average Bonchev–Trinajstić information content (AvgIpc) is 2.97. The van der Waals surface area contributed by atoms with Crippen LogP contribution in [0.25, 0.3) is 11.4 Å². The second-order valence-electron chi connectivity index (χ2n) is 4.69. The summed E-state index contributed by atoms with van der Waals surface area (Å²) in [5.41, 5.74) is 0.923. The molecule has 1 heterocycles. The second kappa shape index (κ2) is 7.26. The average molecular weight is 306 g/mol. The van der Waals surface area contributed by atoms with Gasteiger partial charge in [0.05, 0.1) is 18.8 Å². The third kappa shape index (κ3) is 4.32. The van der Waals surface area contributed by atoms with Crippen LogP contribution in [0, 0.1) is 0 Å². The number of thioether (sulfide) groups is 1. The minimum absolute atomic E-state index is 0.0228. The summed E-state index contributed by atoms with van der Waals surface area (Å²) in [6, 6.07) is 9.68.